The molecule has 8 heteroatoms. The van der Waals surface area contributed by atoms with Gasteiger partial charge in [0.15, 0.2) is 0 Å². The van der Waals surface area contributed by atoms with E-state index in [1.165, 1.54) is 6.07 Å². The number of para-hydroxylation sites is 1. The molecule has 0 saturated carbocycles. The molecule has 0 saturated heterocycles. The molecule has 0 fully saturated rings. The lowest BCUT2D eigenvalue weighted by Crippen LogP contribution is -2.26. The van der Waals surface area contributed by atoms with Crippen LogP contribution in [0.5, 0.6) is 0 Å². The summed E-state index contributed by atoms with van der Waals surface area (Å²) >= 11 is 0. The summed E-state index contributed by atoms with van der Waals surface area (Å²) < 4.78 is 26.2. The molecular weight excluding hydrogens is 282 g/mol. The van der Waals surface area contributed by atoms with Crippen molar-refractivity contribution in [3.05, 3.63) is 29.6 Å². The van der Waals surface area contributed by atoms with Crippen LogP contribution in [0.15, 0.2) is 18.2 Å². The molecule has 0 aliphatic carbocycles. The maximum Gasteiger partial charge on any atom is 0.337 e. The molecule has 0 bridgehead atoms. The summed E-state index contributed by atoms with van der Waals surface area (Å²) in [6.07, 6.45) is 1.08. The Morgan fingerprint density at radius 3 is 2.75 bits per heavy atom. The van der Waals surface area contributed by atoms with Crippen LogP contribution in [0.2, 0.25) is 0 Å². The zero-order chi connectivity index (χ0) is 14.9. The van der Waals surface area contributed by atoms with E-state index in [1.54, 1.807) is 23.6 Å². The number of carboxylic acid groups (broad SMARTS) is 1. The van der Waals surface area contributed by atoms with E-state index in [9.17, 15) is 18.3 Å². The number of aryl methyl sites for hydroxylation is 1. The Labute approximate surface area is 116 Å². The van der Waals surface area contributed by atoms with E-state index < -0.39 is 16.0 Å². The lowest BCUT2D eigenvalue weighted by molar-refractivity contribution is 0.0698. The first-order valence-electron chi connectivity index (χ1n) is 5.93. The monoisotopic (exact) mass is 297 g/mol. The van der Waals surface area contributed by atoms with Gasteiger partial charge in [0, 0.05) is 13.1 Å². The second-order valence-corrected chi connectivity index (χ2v) is 6.29. The third kappa shape index (κ3) is 2.97. The third-order valence-corrected chi connectivity index (χ3v) is 3.62. The largest absolute Gasteiger partial charge is 0.478 e. The van der Waals surface area contributed by atoms with Gasteiger partial charge in [0.1, 0.15) is 5.82 Å². The van der Waals surface area contributed by atoms with Crippen molar-refractivity contribution in [3.63, 3.8) is 0 Å². The molecule has 0 atom stereocenters. The summed E-state index contributed by atoms with van der Waals surface area (Å²) in [6.45, 7) is 2.25. The second-order valence-electron chi connectivity index (χ2n) is 4.46. The number of carboxylic acids is 1. The van der Waals surface area contributed by atoms with E-state index in [2.05, 4.69) is 9.71 Å². The predicted octanol–water partition coefficient (Wildman–Crippen LogP) is 0.592. The second kappa shape index (κ2) is 5.22. The smallest absolute Gasteiger partial charge is 0.337 e. The number of fused-ring (bicyclic) bond motifs is 1. The Bertz CT molecular complexity index is 764. The Morgan fingerprint density at radius 2 is 2.15 bits per heavy atom. The first kappa shape index (κ1) is 14.5. The average molecular weight is 297 g/mol. The summed E-state index contributed by atoms with van der Waals surface area (Å²) in [5.41, 5.74) is 1.25. The van der Waals surface area contributed by atoms with Gasteiger partial charge in [0.2, 0.25) is 10.0 Å². The van der Waals surface area contributed by atoms with Crippen LogP contribution in [0.3, 0.4) is 0 Å². The number of nitrogens with zero attached hydrogens (tertiary/aromatic N) is 2. The highest BCUT2D eigenvalue weighted by atomic mass is 32.2. The predicted molar refractivity (Wildman–Crippen MR) is 74.3 cm³/mol. The molecule has 2 aromatic rings. The topological polar surface area (TPSA) is 101 Å². The number of imidazole rings is 1. The average Bonchev–Trinajstić information content (AvgIpc) is 2.64. The van der Waals surface area contributed by atoms with E-state index in [0.717, 1.165) is 6.26 Å². The van der Waals surface area contributed by atoms with Gasteiger partial charge < -0.3 is 9.67 Å². The zero-order valence-corrected chi connectivity index (χ0v) is 11.9. The van der Waals surface area contributed by atoms with E-state index in [1.807, 2.05) is 0 Å². The number of aromatic carboxylic acids is 1. The number of hydrogen-bond donors (Lipinski definition) is 2. The van der Waals surface area contributed by atoms with Crippen LogP contribution in [0.1, 0.15) is 16.2 Å². The van der Waals surface area contributed by atoms with Crippen LogP contribution in [-0.4, -0.2) is 41.8 Å². The number of rotatable bonds is 5. The Balaban J connectivity index is 2.42. The fraction of sp³-hybridized carbons (Fsp3) is 0.333. The number of aromatic nitrogens is 2. The molecule has 0 aliphatic heterocycles. The van der Waals surface area contributed by atoms with Crippen molar-refractivity contribution in [1.29, 1.82) is 0 Å². The molecule has 108 valence electrons. The number of carbonyl (C=O) groups is 1. The molecule has 0 spiro atoms. The highest BCUT2D eigenvalue weighted by Crippen LogP contribution is 2.20. The summed E-state index contributed by atoms with van der Waals surface area (Å²) in [5, 5.41) is 9.22. The normalized spacial score (nSPS) is 11.9. The van der Waals surface area contributed by atoms with Crippen LogP contribution >= 0.6 is 0 Å². The lowest BCUT2D eigenvalue weighted by Gasteiger charge is -2.08. The van der Waals surface area contributed by atoms with Crippen LogP contribution in [-0.2, 0) is 16.6 Å². The maximum absolute atomic E-state index is 11.3. The van der Waals surface area contributed by atoms with Gasteiger partial charge in [0.25, 0.3) is 0 Å². The van der Waals surface area contributed by atoms with Crippen molar-refractivity contribution >= 4 is 27.0 Å². The molecule has 0 radical (unpaired) electrons. The molecule has 1 heterocycles. The van der Waals surface area contributed by atoms with Crippen molar-refractivity contribution in [2.75, 3.05) is 12.8 Å². The number of hydrogen-bond acceptors (Lipinski definition) is 4. The molecule has 0 aliphatic rings. The third-order valence-electron chi connectivity index (χ3n) is 2.89. The minimum Gasteiger partial charge on any atom is -0.478 e. The molecule has 2 rings (SSSR count). The fourth-order valence-corrected chi connectivity index (χ4v) is 2.55. The van der Waals surface area contributed by atoms with E-state index in [0.29, 0.717) is 23.4 Å². The quantitative estimate of drug-likeness (QED) is 0.841. The molecular formula is C12H15N3O4S. The summed E-state index contributed by atoms with van der Waals surface area (Å²) in [5.74, 6) is -0.392. The molecule has 2 N–H and O–H groups in total. The van der Waals surface area contributed by atoms with Crippen LogP contribution in [0.25, 0.3) is 11.0 Å². The van der Waals surface area contributed by atoms with E-state index >= 15 is 0 Å². The van der Waals surface area contributed by atoms with Crippen LogP contribution in [0, 0.1) is 6.92 Å². The number of nitrogens with one attached hydrogen (secondary N) is 1. The first-order chi connectivity index (χ1) is 9.29. The Hall–Kier alpha value is -1.93. The molecule has 7 nitrogen and oxygen atoms in total. The first-order valence-corrected chi connectivity index (χ1v) is 7.82. The molecule has 20 heavy (non-hydrogen) atoms. The van der Waals surface area contributed by atoms with Crippen molar-refractivity contribution < 1.29 is 18.3 Å². The number of sulfonamides is 1. The Morgan fingerprint density at radius 1 is 1.45 bits per heavy atom. The number of benzene rings is 1. The van der Waals surface area contributed by atoms with Crippen LogP contribution in [0.4, 0.5) is 0 Å². The highest BCUT2D eigenvalue weighted by molar-refractivity contribution is 7.88. The van der Waals surface area contributed by atoms with E-state index in [4.69, 9.17) is 0 Å². The van der Waals surface area contributed by atoms with Gasteiger partial charge in [-0.05, 0) is 19.1 Å². The minimum absolute atomic E-state index is 0.155. The summed E-state index contributed by atoms with van der Waals surface area (Å²) in [4.78, 5) is 15.6. The van der Waals surface area contributed by atoms with Gasteiger partial charge in [-0.15, -0.1) is 0 Å². The highest BCUT2D eigenvalue weighted by Gasteiger charge is 2.15. The molecule has 0 amide bonds. The van der Waals surface area contributed by atoms with Crippen molar-refractivity contribution in [3.8, 4) is 0 Å². The zero-order valence-electron chi connectivity index (χ0n) is 11.1. The Kier molecular flexibility index (Phi) is 3.78. The summed E-state index contributed by atoms with van der Waals surface area (Å²) in [6, 6.07) is 4.87. The minimum atomic E-state index is -3.27. The molecule has 0 unspecified atom stereocenters. The van der Waals surface area contributed by atoms with Gasteiger partial charge >= 0.3 is 5.97 Å². The van der Waals surface area contributed by atoms with Crippen molar-refractivity contribution in [2.45, 2.75) is 13.5 Å². The fourth-order valence-electron chi connectivity index (χ4n) is 2.09. The molecule has 1 aromatic carbocycles. The lowest BCUT2D eigenvalue weighted by atomic mass is 10.2. The molecule has 1 aromatic heterocycles. The van der Waals surface area contributed by atoms with E-state index in [-0.39, 0.29) is 12.1 Å². The standard InChI is InChI=1S/C12H15N3O4S/c1-8-14-10-5-3-4-9(12(16)17)11(10)15(8)7-6-13-20(2,18)19/h3-5,13H,6-7H2,1-2H3,(H,16,17). The van der Waals surface area contributed by atoms with Gasteiger partial charge in [-0.2, -0.15) is 0 Å². The SMILES string of the molecule is Cc1nc2cccc(C(=O)O)c2n1CCNS(C)(=O)=O. The van der Waals surface area contributed by atoms with Gasteiger partial charge in [-0.1, -0.05) is 6.07 Å². The van der Waals surface area contributed by atoms with Crippen LogP contribution < -0.4 is 4.72 Å². The van der Waals surface area contributed by atoms with Gasteiger partial charge in [-0.3, -0.25) is 0 Å². The van der Waals surface area contributed by atoms with Crippen molar-refractivity contribution in [1.82, 2.24) is 14.3 Å². The van der Waals surface area contributed by atoms with Gasteiger partial charge in [0.05, 0.1) is 22.9 Å². The van der Waals surface area contributed by atoms with Gasteiger partial charge in [-0.25, -0.2) is 22.9 Å². The maximum atomic E-state index is 11.3. The van der Waals surface area contributed by atoms with Crippen molar-refractivity contribution in [2.24, 2.45) is 0 Å². The summed E-state index contributed by atoms with van der Waals surface area (Å²) in [7, 11) is -3.27.